The minimum atomic E-state index is -4.28. The smallest absolute Gasteiger partial charge is 0.264 e. The SMILES string of the molecule is FC(F)(F)c1ccc(CC(Br)c2cccnc2)cc1. The van der Waals surface area contributed by atoms with Gasteiger partial charge in [0.25, 0.3) is 0 Å². The number of hydrogen-bond donors (Lipinski definition) is 0. The van der Waals surface area contributed by atoms with Gasteiger partial charge in [0, 0.05) is 17.2 Å². The highest BCUT2D eigenvalue weighted by atomic mass is 79.9. The zero-order valence-corrected chi connectivity index (χ0v) is 11.4. The molecule has 0 aliphatic rings. The molecular formula is C14H11BrF3N. The normalized spacial score (nSPS) is 13.3. The Morgan fingerprint density at radius 3 is 2.32 bits per heavy atom. The molecule has 1 unspecified atom stereocenters. The van der Waals surface area contributed by atoms with Gasteiger partial charge in [-0.15, -0.1) is 0 Å². The lowest BCUT2D eigenvalue weighted by molar-refractivity contribution is -0.137. The molecular weight excluding hydrogens is 319 g/mol. The molecule has 1 atom stereocenters. The first-order chi connectivity index (χ1) is 8.97. The van der Waals surface area contributed by atoms with E-state index in [2.05, 4.69) is 20.9 Å². The summed E-state index contributed by atoms with van der Waals surface area (Å²) in [6, 6.07) is 8.99. The lowest BCUT2D eigenvalue weighted by Crippen LogP contribution is -2.05. The molecule has 1 heterocycles. The fourth-order valence-electron chi connectivity index (χ4n) is 1.72. The van der Waals surface area contributed by atoms with Crippen LogP contribution in [0, 0.1) is 0 Å². The molecule has 1 aromatic heterocycles. The van der Waals surface area contributed by atoms with Crippen molar-refractivity contribution in [1.82, 2.24) is 4.98 Å². The number of halogens is 4. The van der Waals surface area contributed by atoms with E-state index in [0.29, 0.717) is 6.42 Å². The van der Waals surface area contributed by atoms with E-state index < -0.39 is 11.7 Å². The van der Waals surface area contributed by atoms with Crippen molar-refractivity contribution in [3.05, 3.63) is 65.5 Å². The van der Waals surface area contributed by atoms with Crippen LogP contribution >= 0.6 is 15.9 Å². The molecule has 0 aliphatic heterocycles. The molecule has 0 fully saturated rings. The Hall–Kier alpha value is -1.36. The number of alkyl halides is 4. The number of nitrogens with zero attached hydrogens (tertiary/aromatic N) is 1. The fraction of sp³-hybridized carbons (Fsp3) is 0.214. The first-order valence-corrected chi connectivity index (χ1v) is 6.58. The van der Waals surface area contributed by atoms with Crippen molar-refractivity contribution in [1.29, 1.82) is 0 Å². The van der Waals surface area contributed by atoms with Crippen molar-refractivity contribution < 1.29 is 13.2 Å². The second kappa shape index (κ2) is 5.74. The van der Waals surface area contributed by atoms with Gasteiger partial charge in [0.05, 0.1) is 5.56 Å². The third-order valence-corrected chi connectivity index (χ3v) is 3.59. The molecule has 0 amide bonds. The van der Waals surface area contributed by atoms with E-state index in [1.54, 1.807) is 12.4 Å². The Labute approximate surface area is 117 Å². The van der Waals surface area contributed by atoms with Crippen LogP contribution in [0.1, 0.15) is 21.5 Å². The van der Waals surface area contributed by atoms with Crippen molar-refractivity contribution in [2.75, 3.05) is 0 Å². The van der Waals surface area contributed by atoms with Crippen LogP contribution in [-0.4, -0.2) is 4.98 Å². The number of benzene rings is 1. The number of rotatable bonds is 3. The van der Waals surface area contributed by atoms with Crippen LogP contribution in [0.3, 0.4) is 0 Å². The summed E-state index contributed by atoms with van der Waals surface area (Å²) in [7, 11) is 0. The van der Waals surface area contributed by atoms with E-state index in [1.165, 1.54) is 12.1 Å². The van der Waals surface area contributed by atoms with Gasteiger partial charge in [0.15, 0.2) is 0 Å². The molecule has 1 nitrogen and oxygen atoms in total. The summed E-state index contributed by atoms with van der Waals surface area (Å²) in [5.74, 6) is 0. The van der Waals surface area contributed by atoms with E-state index in [-0.39, 0.29) is 4.83 Å². The monoisotopic (exact) mass is 329 g/mol. The third-order valence-electron chi connectivity index (χ3n) is 2.74. The maximum atomic E-state index is 12.4. The third kappa shape index (κ3) is 3.80. The van der Waals surface area contributed by atoms with Crippen LogP contribution in [0.15, 0.2) is 48.8 Å². The highest BCUT2D eigenvalue weighted by molar-refractivity contribution is 9.09. The summed E-state index contributed by atoms with van der Waals surface area (Å²) in [5, 5.41) is 0. The molecule has 0 saturated heterocycles. The molecule has 2 rings (SSSR count). The van der Waals surface area contributed by atoms with Crippen molar-refractivity contribution in [3.63, 3.8) is 0 Å². The number of pyridine rings is 1. The molecule has 0 radical (unpaired) electrons. The standard InChI is InChI=1S/C14H11BrF3N/c15-13(11-2-1-7-19-9-11)8-10-3-5-12(6-4-10)14(16,17)18/h1-7,9,13H,8H2. The van der Waals surface area contributed by atoms with Crippen molar-refractivity contribution in [2.45, 2.75) is 17.4 Å². The number of hydrogen-bond acceptors (Lipinski definition) is 1. The molecule has 0 spiro atoms. The van der Waals surface area contributed by atoms with E-state index in [0.717, 1.165) is 23.3 Å². The lowest BCUT2D eigenvalue weighted by atomic mass is 10.0. The fourth-order valence-corrected chi connectivity index (χ4v) is 2.36. The highest BCUT2D eigenvalue weighted by Gasteiger charge is 2.29. The van der Waals surface area contributed by atoms with Gasteiger partial charge >= 0.3 is 6.18 Å². The zero-order valence-electron chi connectivity index (χ0n) is 9.86. The van der Waals surface area contributed by atoms with Crippen LogP contribution < -0.4 is 0 Å². The largest absolute Gasteiger partial charge is 0.416 e. The zero-order chi connectivity index (χ0) is 13.9. The average Bonchev–Trinajstić information content (AvgIpc) is 2.39. The maximum absolute atomic E-state index is 12.4. The summed E-state index contributed by atoms with van der Waals surface area (Å²) < 4.78 is 37.3. The molecule has 0 N–H and O–H groups in total. The summed E-state index contributed by atoms with van der Waals surface area (Å²) in [6.45, 7) is 0. The van der Waals surface area contributed by atoms with Gasteiger partial charge in [-0.1, -0.05) is 34.1 Å². The highest BCUT2D eigenvalue weighted by Crippen LogP contribution is 2.31. The molecule has 5 heteroatoms. The summed E-state index contributed by atoms with van der Waals surface area (Å²) in [4.78, 5) is 4.05. The molecule has 100 valence electrons. The Morgan fingerprint density at radius 2 is 1.79 bits per heavy atom. The van der Waals surface area contributed by atoms with Crippen molar-refractivity contribution in [2.24, 2.45) is 0 Å². The van der Waals surface area contributed by atoms with E-state index in [4.69, 9.17) is 0 Å². The summed E-state index contributed by atoms with van der Waals surface area (Å²) in [5.41, 5.74) is 1.23. The Bertz CT molecular complexity index is 523. The quantitative estimate of drug-likeness (QED) is 0.738. The topological polar surface area (TPSA) is 12.9 Å². The first-order valence-electron chi connectivity index (χ1n) is 5.67. The Morgan fingerprint density at radius 1 is 1.11 bits per heavy atom. The minimum absolute atomic E-state index is 0.0398. The number of aromatic nitrogens is 1. The van der Waals surface area contributed by atoms with E-state index >= 15 is 0 Å². The van der Waals surface area contributed by atoms with Gasteiger partial charge in [-0.3, -0.25) is 4.98 Å². The van der Waals surface area contributed by atoms with Gasteiger partial charge in [-0.05, 0) is 35.7 Å². The maximum Gasteiger partial charge on any atom is 0.416 e. The van der Waals surface area contributed by atoms with Crippen molar-refractivity contribution >= 4 is 15.9 Å². The second-order valence-corrected chi connectivity index (χ2v) is 5.26. The van der Waals surface area contributed by atoms with Crippen LogP contribution in [0.2, 0.25) is 0 Å². The lowest BCUT2D eigenvalue weighted by Gasteiger charge is -2.11. The molecule has 2 aromatic rings. The molecule has 0 saturated carbocycles. The van der Waals surface area contributed by atoms with Crippen LogP contribution in [0.4, 0.5) is 13.2 Å². The van der Waals surface area contributed by atoms with E-state index in [1.807, 2.05) is 12.1 Å². The van der Waals surface area contributed by atoms with Gasteiger partial charge in [-0.2, -0.15) is 13.2 Å². The summed E-state index contributed by atoms with van der Waals surface area (Å²) in [6.07, 6.45) is -0.246. The van der Waals surface area contributed by atoms with Crippen LogP contribution in [-0.2, 0) is 12.6 Å². The second-order valence-electron chi connectivity index (χ2n) is 4.15. The molecule has 1 aromatic carbocycles. The average molecular weight is 330 g/mol. The van der Waals surface area contributed by atoms with Gasteiger partial charge in [0.2, 0.25) is 0 Å². The van der Waals surface area contributed by atoms with Crippen LogP contribution in [0.25, 0.3) is 0 Å². The minimum Gasteiger partial charge on any atom is -0.264 e. The van der Waals surface area contributed by atoms with Crippen LogP contribution in [0.5, 0.6) is 0 Å². The summed E-state index contributed by atoms with van der Waals surface area (Å²) >= 11 is 3.52. The van der Waals surface area contributed by atoms with E-state index in [9.17, 15) is 13.2 Å². The predicted molar refractivity (Wildman–Crippen MR) is 71.1 cm³/mol. The Kier molecular flexibility index (Phi) is 4.24. The Balaban J connectivity index is 2.08. The van der Waals surface area contributed by atoms with Gasteiger partial charge < -0.3 is 0 Å². The van der Waals surface area contributed by atoms with Gasteiger partial charge in [-0.25, -0.2) is 0 Å². The first kappa shape index (κ1) is 14.1. The molecule has 19 heavy (non-hydrogen) atoms. The van der Waals surface area contributed by atoms with Crippen molar-refractivity contribution in [3.8, 4) is 0 Å². The molecule has 0 aliphatic carbocycles. The predicted octanol–water partition coefficient (Wildman–Crippen LogP) is 4.78. The molecule has 0 bridgehead atoms. The van der Waals surface area contributed by atoms with Gasteiger partial charge in [0.1, 0.15) is 0 Å².